The standard InChI is InChI=1S/C17H20N2O5S2/c1-17(2,16(21)22)19(3)15(20)12-6-8-14(9-7-12)26(23,24)18-11-13-5-4-10-25-13/h4-10,18H,11H2,1-3H3,(H,21,22). The Bertz CT molecular complexity index is 888. The molecule has 2 aromatic rings. The van der Waals surface area contributed by atoms with Crippen LogP contribution in [-0.2, 0) is 21.4 Å². The van der Waals surface area contributed by atoms with Crippen LogP contribution in [0.25, 0.3) is 0 Å². The maximum absolute atomic E-state index is 12.4. The Hall–Kier alpha value is -2.23. The quantitative estimate of drug-likeness (QED) is 0.746. The molecule has 7 nitrogen and oxygen atoms in total. The normalized spacial score (nSPS) is 12.0. The van der Waals surface area contributed by atoms with Crippen molar-refractivity contribution in [3.05, 3.63) is 52.2 Å². The van der Waals surface area contributed by atoms with Gasteiger partial charge in [0.05, 0.1) is 4.90 Å². The minimum atomic E-state index is -3.70. The third kappa shape index (κ3) is 4.29. The van der Waals surface area contributed by atoms with E-state index in [0.29, 0.717) is 0 Å². The molecule has 2 N–H and O–H groups in total. The number of carbonyl (C=O) groups excluding carboxylic acids is 1. The number of nitrogens with one attached hydrogen (secondary N) is 1. The number of carboxylic acids is 1. The molecule has 0 atom stereocenters. The van der Waals surface area contributed by atoms with Gasteiger partial charge in [0.25, 0.3) is 5.91 Å². The molecular formula is C17H20N2O5S2. The van der Waals surface area contributed by atoms with Crippen molar-refractivity contribution < 1.29 is 23.1 Å². The number of likely N-dealkylation sites (N-methyl/N-ethyl adjacent to an activating group) is 1. The molecular weight excluding hydrogens is 376 g/mol. The van der Waals surface area contributed by atoms with Crippen LogP contribution in [0.2, 0.25) is 0 Å². The van der Waals surface area contributed by atoms with Gasteiger partial charge in [-0.1, -0.05) is 6.07 Å². The Morgan fingerprint density at radius 2 is 1.81 bits per heavy atom. The monoisotopic (exact) mass is 396 g/mol. The van der Waals surface area contributed by atoms with E-state index < -0.39 is 27.4 Å². The van der Waals surface area contributed by atoms with Crippen molar-refractivity contribution in [1.82, 2.24) is 9.62 Å². The average Bonchev–Trinajstić information content (AvgIpc) is 3.12. The molecule has 140 valence electrons. The van der Waals surface area contributed by atoms with Crippen LogP contribution in [0.1, 0.15) is 29.1 Å². The summed E-state index contributed by atoms with van der Waals surface area (Å²) in [7, 11) is -2.31. The first-order chi connectivity index (χ1) is 12.1. The van der Waals surface area contributed by atoms with Crippen molar-refractivity contribution in [1.29, 1.82) is 0 Å². The summed E-state index contributed by atoms with van der Waals surface area (Å²) in [6, 6.07) is 9.06. The Morgan fingerprint density at radius 1 is 1.19 bits per heavy atom. The van der Waals surface area contributed by atoms with Gasteiger partial charge in [-0.3, -0.25) is 4.79 Å². The summed E-state index contributed by atoms with van der Waals surface area (Å²) < 4.78 is 27.1. The van der Waals surface area contributed by atoms with Gasteiger partial charge in [0.1, 0.15) is 5.54 Å². The number of thiophene rings is 1. The van der Waals surface area contributed by atoms with Crippen molar-refractivity contribution in [3.63, 3.8) is 0 Å². The van der Waals surface area contributed by atoms with Crippen LogP contribution < -0.4 is 4.72 Å². The molecule has 0 aliphatic heterocycles. The second-order valence-electron chi connectivity index (χ2n) is 6.16. The van der Waals surface area contributed by atoms with E-state index >= 15 is 0 Å². The van der Waals surface area contributed by atoms with E-state index in [2.05, 4.69) is 4.72 Å². The van der Waals surface area contributed by atoms with Crippen molar-refractivity contribution in [2.45, 2.75) is 30.8 Å². The van der Waals surface area contributed by atoms with Crippen LogP contribution in [0.3, 0.4) is 0 Å². The minimum Gasteiger partial charge on any atom is -0.480 e. The molecule has 0 unspecified atom stereocenters. The highest BCUT2D eigenvalue weighted by molar-refractivity contribution is 7.89. The van der Waals surface area contributed by atoms with E-state index in [1.807, 2.05) is 17.5 Å². The van der Waals surface area contributed by atoms with E-state index in [1.54, 1.807) is 0 Å². The third-order valence-electron chi connectivity index (χ3n) is 4.09. The zero-order valence-electron chi connectivity index (χ0n) is 14.6. The SMILES string of the molecule is CN(C(=O)c1ccc(S(=O)(=O)NCc2cccs2)cc1)C(C)(C)C(=O)O. The number of benzene rings is 1. The highest BCUT2D eigenvalue weighted by Gasteiger charge is 2.35. The van der Waals surface area contributed by atoms with Gasteiger partial charge in [0, 0.05) is 24.0 Å². The summed E-state index contributed by atoms with van der Waals surface area (Å²) in [6.07, 6.45) is 0. The molecule has 0 spiro atoms. The molecule has 0 saturated carbocycles. The van der Waals surface area contributed by atoms with Gasteiger partial charge < -0.3 is 10.0 Å². The first-order valence-corrected chi connectivity index (χ1v) is 10.1. The Balaban J connectivity index is 2.14. The Labute approximate surface area is 156 Å². The highest BCUT2D eigenvalue weighted by atomic mass is 32.2. The van der Waals surface area contributed by atoms with Crippen LogP contribution in [0.5, 0.6) is 0 Å². The zero-order valence-corrected chi connectivity index (χ0v) is 16.2. The Morgan fingerprint density at radius 3 is 2.31 bits per heavy atom. The van der Waals surface area contributed by atoms with E-state index in [0.717, 1.165) is 9.78 Å². The van der Waals surface area contributed by atoms with Crippen LogP contribution in [0.4, 0.5) is 0 Å². The van der Waals surface area contributed by atoms with Crippen LogP contribution in [0, 0.1) is 0 Å². The summed E-state index contributed by atoms with van der Waals surface area (Å²) in [5.74, 6) is -1.64. The molecule has 0 radical (unpaired) electrons. The van der Waals surface area contributed by atoms with E-state index in [4.69, 9.17) is 0 Å². The molecule has 26 heavy (non-hydrogen) atoms. The summed E-state index contributed by atoms with van der Waals surface area (Å²) in [4.78, 5) is 25.7. The van der Waals surface area contributed by atoms with Gasteiger partial charge >= 0.3 is 5.97 Å². The largest absolute Gasteiger partial charge is 0.480 e. The number of sulfonamides is 1. The van der Waals surface area contributed by atoms with E-state index in [1.165, 1.54) is 56.5 Å². The van der Waals surface area contributed by atoms with Gasteiger partial charge in [-0.25, -0.2) is 17.9 Å². The van der Waals surface area contributed by atoms with Crippen molar-refractivity contribution in [3.8, 4) is 0 Å². The average molecular weight is 396 g/mol. The van der Waals surface area contributed by atoms with Crippen molar-refractivity contribution >= 4 is 33.2 Å². The van der Waals surface area contributed by atoms with Gasteiger partial charge in [-0.05, 0) is 49.6 Å². The molecule has 0 aliphatic rings. The number of carboxylic acid groups (broad SMARTS) is 1. The maximum atomic E-state index is 12.4. The number of hydrogen-bond donors (Lipinski definition) is 2. The second-order valence-corrected chi connectivity index (χ2v) is 8.96. The van der Waals surface area contributed by atoms with Crippen LogP contribution >= 0.6 is 11.3 Å². The molecule has 0 fully saturated rings. The number of amides is 1. The maximum Gasteiger partial charge on any atom is 0.329 e. The zero-order chi connectivity index (χ0) is 19.5. The van der Waals surface area contributed by atoms with Crippen LogP contribution in [-0.4, -0.2) is 42.9 Å². The van der Waals surface area contributed by atoms with Crippen molar-refractivity contribution in [2.75, 3.05) is 7.05 Å². The number of carbonyl (C=O) groups is 2. The van der Waals surface area contributed by atoms with Gasteiger partial charge in [-0.15, -0.1) is 11.3 Å². The highest BCUT2D eigenvalue weighted by Crippen LogP contribution is 2.18. The Kier molecular flexibility index (Phi) is 5.84. The lowest BCUT2D eigenvalue weighted by Crippen LogP contribution is -2.50. The first kappa shape index (κ1) is 20.1. The molecule has 0 saturated heterocycles. The molecule has 0 bridgehead atoms. The molecule has 0 aliphatic carbocycles. The molecule has 1 aromatic heterocycles. The van der Waals surface area contributed by atoms with Gasteiger partial charge in [-0.2, -0.15) is 0 Å². The lowest BCUT2D eigenvalue weighted by atomic mass is 10.0. The molecule has 1 amide bonds. The number of rotatable bonds is 7. The molecule has 2 rings (SSSR count). The second kappa shape index (κ2) is 7.56. The predicted molar refractivity (Wildman–Crippen MR) is 98.6 cm³/mol. The fraction of sp³-hybridized carbons (Fsp3) is 0.294. The summed E-state index contributed by atoms with van der Waals surface area (Å²) >= 11 is 1.45. The number of hydrogen-bond acceptors (Lipinski definition) is 5. The smallest absolute Gasteiger partial charge is 0.329 e. The number of nitrogens with zero attached hydrogens (tertiary/aromatic N) is 1. The summed E-state index contributed by atoms with van der Waals surface area (Å²) in [5, 5.41) is 11.1. The lowest BCUT2D eigenvalue weighted by molar-refractivity contribution is -0.147. The fourth-order valence-electron chi connectivity index (χ4n) is 2.03. The van der Waals surface area contributed by atoms with E-state index in [9.17, 15) is 23.1 Å². The molecule has 9 heteroatoms. The summed E-state index contributed by atoms with van der Waals surface area (Å²) in [6.45, 7) is 3.03. The lowest BCUT2D eigenvalue weighted by Gasteiger charge is -2.31. The van der Waals surface area contributed by atoms with Gasteiger partial charge in [0.15, 0.2) is 0 Å². The summed E-state index contributed by atoms with van der Waals surface area (Å²) in [5.41, 5.74) is -1.18. The third-order valence-corrected chi connectivity index (χ3v) is 6.39. The predicted octanol–water partition coefficient (Wildman–Crippen LogP) is 2.16. The van der Waals surface area contributed by atoms with Crippen molar-refractivity contribution in [2.24, 2.45) is 0 Å². The number of aliphatic carboxylic acids is 1. The fourth-order valence-corrected chi connectivity index (χ4v) is 3.77. The molecule has 1 heterocycles. The molecule has 1 aromatic carbocycles. The van der Waals surface area contributed by atoms with E-state index in [-0.39, 0.29) is 17.0 Å². The first-order valence-electron chi connectivity index (χ1n) is 7.69. The topological polar surface area (TPSA) is 104 Å². The van der Waals surface area contributed by atoms with Gasteiger partial charge in [0.2, 0.25) is 10.0 Å². The minimum absolute atomic E-state index is 0.0331. The van der Waals surface area contributed by atoms with Crippen LogP contribution in [0.15, 0.2) is 46.7 Å².